The summed E-state index contributed by atoms with van der Waals surface area (Å²) in [5.41, 5.74) is 8.91. The van der Waals surface area contributed by atoms with Gasteiger partial charge in [-0.3, -0.25) is 0 Å². The van der Waals surface area contributed by atoms with Crippen LogP contribution in [0.4, 0.5) is 4.39 Å². The van der Waals surface area contributed by atoms with Gasteiger partial charge in [0.1, 0.15) is 5.03 Å². The van der Waals surface area contributed by atoms with Crippen molar-refractivity contribution < 1.29 is 4.39 Å². The number of fused-ring (bicyclic) bond motifs is 1. The Morgan fingerprint density at radius 2 is 2.00 bits per heavy atom. The van der Waals surface area contributed by atoms with Gasteiger partial charge in [-0.25, -0.2) is 9.07 Å². The van der Waals surface area contributed by atoms with Gasteiger partial charge < -0.3 is 4.98 Å². The summed E-state index contributed by atoms with van der Waals surface area (Å²) in [6.07, 6.45) is 17.5. The van der Waals surface area contributed by atoms with Gasteiger partial charge in [0, 0.05) is 27.7 Å². The van der Waals surface area contributed by atoms with E-state index in [2.05, 4.69) is 54.4 Å². The lowest BCUT2D eigenvalue weighted by Gasteiger charge is -2.12. The van der Waals surface area contributed by atoms with E-state index in [4.69, 9.17) is 12.6 Å². The third-order valence-corrected chi connectivity index (χ3v) is 6.85. The Hall–Kier alpha value is -3.57. The van der Waals surface area contributed by atoms with Crippen LogP contribution in [0.15, 0.2) is 108 Å². The first-order valence-electron chi connectivity index (χ1n) is 13.0. The summed E-state index contributed by atoms with van der Waals surface area (Å²) in [5.74, 6) is 0. The molecule has 38 heavy (non-hydrogen) atoms. The van der Waals surface area contributed by atoms with E-state index in [1.807, 2.05) is 56.0 Å². The molecule has 5 heteroatoms. The van der Waals surface area contributed by atoms with Gasteiger partial charge in [-0.1, -0.05) is 74.6 Å². The van der Waals surface area contributed by atoms with Crippen LogP contribution in [0.25, 0.3) is 22.2 Å². The maximum atomic E-state index is 12.5. The van der Waals surface area contributed by atoms with Gasteiger partial charge in [0.05, 0.1) is 18.2 Å². The molecule has 2 heterocycles. The molecule has 0 atom stereocenters. The van der Waals surface area contributed by atoms with Gasteiger partial charge in [0.2, 0.25) is 0 Å². The molecule has 198 valence electrons. The van der Waals surface area contributed by atoms with E-state index in [9.17, 15) is 4.39 Å². The van der Waals surface area contributed by atoms with Crippen molar-refractivity contribution in [3.05, 3.63) is 120 Å². The number of rotatable bonds is 12. The Bertz CT molecular complexity index is 1460. The first-order valence-corrected chi connectivity index (χ1v) is 13.5. The largest absolute Gasteiger partial charge is 0.355 e. The number of aromatic nitrogens is 3. The number of halogens is 1. The van der Waals surface area contributed by atoms with Gasteiger partial charge in [-0.05, 0) is 75.0 Å². The molecule has 0 unspecified atom stereocenters. The number of thiol groups is 1. The first kappa shape index (κ1) is 29.0. The van der Waals surface area contributed by atoms with Gasteiger partial charge in [-0.2, -0.15) is 5.10 Å². The Kier molecular flexibility index (Phi) is 10.5. The summed E-state index contributed by atoms with van der Waals surface area (Å²) in [6, 6.07) is 8.74. The van der Waals surface area contributed by atoms with Crippen molar-refractivity contribution in [3.8, 4) is 0 Å². The Morgan fingerprint density at radius 3 is 2.68 bits per heavy atom. The van der Waals surface area contributed by atoms with Gasteiger partial charge in [0.15, 0.2) is 0 Å². The number of hydrogen-bond donors (Lipinski definition) is 2. The number of hydrogen-bond acceptors (Lipinski definition) is 2. The summed E-state index contributed by atoms with van der Waals surface area (Å²) in [7, 11) is 0. The third-order valence-electron chi connectivity index (χ3n) is 6.42. The van der Waals surface area contributed by atoms with E-state index in [1.165, 1.54) is 24.5 Å². The molecule has 0 fully saturated rings. The van der Waals surface area contributed by atoms with Crippen LogP contribution in [0.2, 0.25) is 0 Å². The second kappa shape index (κ2) is 13.8. The van der Waals surface area contributed by atoms with Crippen molar-refractivity contribution in [1.29, 1.82) is 0 Å². The number of allylic oxidation sites excluding steroid dienone is 10. The average molecular weight is 528 g/mol. The van der Waals surface area contributed by atoms with E-state index in [-0.39, 0.29) is 0 Å². The number of nitrogens with zero attached hydrogens (tertiary/aromatic N) is 2. The fraction of sp³-hybridized carbons (Fsp3) is 0.242. The molecule has 0 bridgehead atoms. The van der Waals surface area contributed by atoms with Gasteiger partial charge in [0.25, 0.3) is 0 Å². The molecule has 0 aliphatic carbocycles. The highest BCUT2D eigenvalue weighted by Gasteiger charge is 2.17. The molecule has 0 spiro atoms. The maximum absolute atomic E-state index is 12.5. The first-order chi connectivity index (χ1) is 18.3. The van der Waals surface area contributed by atoms with Crippen LogP contribution in [-0.2, 0) is 6.42 Å². The van der Waals surface area contributed by atoms with Crippen molar-refractivity contribution >= 4 is 34.8 Å². The standard InChI is InChI=1S/C33H38FN3S/c1-7-10-13-27-15-16-28-21-30(36-31(28)20-27)25(6)29-22-35-37(33(29)38)32(9-3)24(5)18-23(4)19-26(12-8-2)14-11-17-34/h8-9,11-12,14-18,20-22,36,38H,4,6-7,10,13,19H2,1-3,5H3/b12-8-,17-11+,24-18-,26-14+,32-9+. The fourth-order valence-electron chi connectivity index (χ4n) is 4.51. The lowest BCUT2D eigenvalue weighted by Crippen LogP contribution is -2.02. The highest BCUT2D eigenvalue weighted by atomic mass is 32.1. The highest BCUT2D eigenvalue weighted by molar-refractivity contribution is 7.80. The van der Waals surface area contributed by atoms with Crippen LogP contribution in [0.3, 0.4) is 0 Å². The summed E-state index contributed by atoms with van der Waals surface area (Å²) in [5, 5.41) is 6.52. The van der Waals surface area contributed by atoms with Crippen LogP contribution in [0, 0.1) is 0 Å². The Labute approximate surface area is 232 Å². The van der Waals surface area contributed by atoms with Gasteiger partial charge in [-0.15, -0.1) is 12.6 Å². The Morgan fingerprint density at radius 1 is 1.21 bits per heavy atom. The Balaban J connectivity index is 1.84. The molecule has 3 aromatic rings. The van der Waals surface area contributed by atoms with Crippen molar-refractivity contribution in [1.82, 2.24) is 14.8 Å². The van der Waals surface area contributed by atoms with E-state index in [1.54, 1.807) is 6.08 Å². The second-order valence-corrected chi connectivity index (χ2v) is 9.80. The number of H-pyrrole nitrogens is 1. The zero-order valence-electron chi connectivity index (χ0n) is 22.9. The van der Waals surface area contributed by atoms with Crippen LogP contribution in [-0.4, -0.2) is 14.8 Å². The summed E-state index contributed by atoms with van der Waals surface area (Å²) in [6.45, 7) is 16.7. The predicted octanol–water partition coefficient (Wildman–Crippen LogP) is 9.80. The lowest BCUT2D eigenvalue weighted by molar-refractivity contribution is 0.721. The molecule has 3 nitrogen and oxygen atoms in total. The zero-order chi connectivity index (χ0) is 27.7. The minimum absolute atomic E-state index is 0.531. The van der Waals surface area contributed by atoms with Crippen molar-refractivity contribution in [2.24, 2.45) is 0 Å². The number of aromatic amines is 1. The normalized spacial score (nSPS) is 13.4. The summed E-state index contributed by atoms with van der Waals surface area (Å²) in [4.78, 5) is 3.53. The maximum Gasteiger partial charge on any atom is 0.105 e. The second-order valence-electron chi connectivity index (χ2n) is 9.38. The van der Waals surface area contributed by atoms with Crippen LogP contribution >= 0.6 is 12.6 Å². The van der Waals surface area contributed by atoms with Crippen molar-refractivity contribution in [3.63, 3.8) is 0 Å². The van der Waals surface area contributed by atoms with Gasteiger partial charge >= 0.3 is 0 Å². The molecule has 0 aliphatic rings. The SMILES string of the molecule is C=C(/C=C(C)\C(=C/C)n1ncc(C(=C)c2cc3ccc(CCCC)cc3[nH]2)c1S)CC(/C=C\C)=C/C=C/F. The number of aryl methyl sites for hydroxylation is 1. The fourth-order valence-corrected chi connectivity index (χ4v) is 4.86. The number of benzene rings is 1. The van der Waals surface area contributed by atoms with E-state index < -0.39 is 0 Å². The topological polar surface area (TPSA) is 33.6 Å². The molecule has 1 aromatic carbocycles. The van der Waals surface area contributed by atoms with E-state index in [0.29, 0.717) is 17.8 Å². The smallest absolute Gasteiger partial charge is 0.105 e. The molecule has 1 N–H and O–H groups in total. The highest BCUT2D eigenvalue weighted by Crippen LogP contribution is 2.32. The molecular formula is C33H38FN3S. The zero-order valence-corrected chi connectivity index (χ0v) is 23.8. The van der Waals surface area contributed by atoms with E-state index >= 15 is 0 Å². The third kappa shape index (κ3) is 7.05. The lowest BCUT2D eigenvalue weighted by atomic mass is 10.0. The molecule has 2 aromatic heterocycles. The summed E-state index contributed by atoms with van der Waals surface area (Å²) < 4.78 is 14.3. The monoisotopic (exact) mass is 527 g/mol. The van der Waals surface area contributed by atoms with Crippen LogP contribution in [0.5, 0.6) is 0 Å². The molecule has 3 rings (SSSR count). The van der Waals surface area contributed by atoms with Crippen molar-refractivity contribution in [2.45, 2.75) is 58.4 Å². The molecule has 0 aliphatic heterocycles. The van der Waals surface area contributed by atoms with Crippen LogP contribution in [0.1, 0.15) is 63.8 Å². The molecule has 0 radical (unpaired) electrons. The average Bonchev–Trinajstić information content (AvgIpc) is 3.49. The molecule has 0 saturated carbocycles. The van der Waals surface area contributed by atoms with E-state index in [0.717, 1.165) is 56.6 Å². The van der Waals surface area contributed by atoms with Crippen molar-refractivity contribution in [2.75, 3.05) is 0 Å². The predicted molar refractivity (Wildman–Crippen MR) is 165 cm³/mol. The quantitative estimate of drug-likeness (QED) is 0.178. The van der Waals surface area contributed by atoms with Crippen LogP contribution < -0.4 is 0 Å². The number of nitrogens with one attached hydrogen (secondary N) is 1. The molecule has 0 amide bonds. The minimum atomic E-state index is 0.531. The summed E-state index contributed by atoms with van der Waals surface area (Å²) >= 11 is 4.84. The molecule has 0 saturated heterocycles. The molecular weight excluding hydrogens is 489 g/mol. The minimum Gasteiger partial charge on any atom is -0.355 e. The number of unbranched alkanes of at least 4 members (excludes halogenated alkanes) is 1.